The molecule has 1 spiro atoms. The van der Waals surface area contributed by atoms with Crippen molar-refractivity contribution in [3.05, 3.63) is 29.8 Å². The molecule has 0 radical (unpaired) electrons. The van der Waals surface area contributed by atoms with Crippen LogP contribution >= 0.6 is 0 Å². The van der Waals surface area contributed by atoms with Gasteiger partial charge in [-0.1, -0.05) is 19.1 Å². The molecule has 6 heteroatoms. The maximum atomic E-state index is 13.2. The van der Waals surface area contributed by atoms with Gasteiger partial charge in [-0.15, -0.1) is 0 Å². The van der Waals surface area contributed by atoms with E-state index in [1.807, 2.05) is 24.3 Å². The Morgan fingerprint density at radius 1 is 1.15 bits per heavy atom. The van der Waals surface area contributed by atoms with Gasteiger partial charge in [-0.2, -0.15) is 0 Å². The summed E-state index contributed by atoms with van der Waals surface area (Å²) in [5.41, 5.74) is 0.253. The minimum absolute atomic E-state index is 0.0513. The van der Waals surface area contributed by atoms with Crippen molar-refractivity contribution in [2.24, 2.45) is 0 Å². The van der Waals surface area contributed by atoms with Gasteiger partial charge >= 0.3 is 6.03 Å². The second kappa shape index (κ2) is 7.27. The zero-order valence-corrected chi connectivity index (χ0v) is 16.2. The molecule has 0 N–H and O–H groups in total. The highest BCUT2D eigenvalue weighted by atomic mass is 16.5. The third kappa shape index (κ3) is 3.07. The fourth-order valence-corrected chi connectivity index (χ4v) is 4.04. The molecule has 142 valence electrons. The van der Waals surface area contributed by atoms with Gasteiger partial charge in [0.25, 0.3) is 5.91 Å². The van der Waals surface area contributed by atoms with Crippen molar-refractivity contribution in [1.29, 1.82) is 0 Å². The van der Waals surface area contributed by atoms with E-state index in [2.05, 4.69) is 18.7 Å². The molecule has 26 heavy (non-hydrogen) atoms. The molecule has 3 amide bonds. The SMILES string of the molecule is CCC(C)N1CCC2(CC1)C(=O)N(Cc1ccc(OC)cc1)C(=O)N2C. The van der Waals surface area contributed by atoms with Gasteiger partial charge < -0.3 is 14.5 Å². The predicted molar refractivity (Wildman–Crippen MR) is 100.0 cm³/mol. The first-order valence-electron chi connectivity index (χ1n) is 9.39. The van der Waals surface area contributed by atoms with Gasteiger partial charge in [-0.05, 0) is 43.9 Å². The molecule has 6 nitrogen and oxygen atoms in total. The van der Waals surface area contributed by atoms with Crippen LogP contribution in [0.2, 0.25) is 0 Å². The number of rotatable bonds is 5. The molecule has 0 bridgehead atoms. The maximum absolute atomic E-state index is 13.2. The Bertz CT molecular complexity index is 665. The van der Waals surface area contributed by atoms with Crippen LogP contribution in [0, 0.1) is 0 Å². The molecule has 0 saturated carbocycles. The van der Waals surface area contributed by atoms with Gasteiger partial charge in [0.05, 0.1) is 13.7 Å². The van der Waals surface area contributed by atoms with E-state index < -0.39 is 5.54 Å². The third-order valence-corrected chi connectivity index (χ3v) is 6.14. The van der Waals surface area contributed by atoms with Crippen LogP contribution in [0.3, 0.4) is 0 Å². The third-order valence-electron chi connectivity index (χ3n) is 6.14. The predicted octanol–water partition coefficient (Wildman–Crippen LogP) is 2.72. The molecular weight excluding hydrogens is 330 g/mol. The Kier molecular flexibility index (Phi) is 5.23. The van der Waals surface area contributed by atoms with Crippen LogP contribution in [0.4, 0.5) is 4.79 Å². The number of benzene rings is 1. The summed E-state index contributed by atoms with van der Waals surface area (Å²) in [5.74, 6) is 0.712. The highest BCUT2D eigenvalue weighted by Gasteiger charge is 2.56. The summed E-state index contributed by atoms with van der Waals surface area (Å²) in [5, 5.41) is 0. The van der Waals surface area contributed by atoms with Gasteiger partial charge in [-0.3, -0.25) is 9.69 Å². The minimum Gasteiger partial charge on any atom is -0.497 e. The number of carbonyl (C=O) groups is 2. The average molecular weight is 359 g/mol. The normalized spacial score (nSPS) is 21.5. The molecule has 2 aliphatic heterocycles. The highest BCUT2D eigenvalue weighted by molar-refractivity contribution is 6.06. The lowest BCUT2D eigenvalue weighted by Crippen LogP contribution is -2.56. The summed E-state index contributed by atoms with van der Waals surface area (Å²) in [6, 6.07) is 7.82. The molecule has 2 saturated heterocycles. The van der Waals surface area contributed by atoms with Crippen molar-refractivity contribution in [1.82, 2.24) is 14.7 Å². The summed E-state index contributed by atoms with van der Waals surface area (Å²) >= 11 is 0. The van der Waals surface area contributed by atoms with E-state index in [1.165, 1.54) is 4.90 Å². The number of hydrogen-bond acceptors (Lipinski definition) is 4. The zero-order valence-electron chi connectivity index (χ0n) is 16.2. The smallest absolute Gasteiger partial charge is 0.327 e. The number of hydrogen-bond donors (Lipinski definition) is 0. The van der Waals surface area contributed by atoms with Crippen LogP contribution in [0.25, 0.3) is 0 Å². The van der Waals surface area contributed by atoms with E-state index in [0.29, 0.717) is 25.4 Å². The Morgan fingerprint density at radius 3 is 2.31 bits per heavy atom. The Balaban J connectivity index is 1.74. The van der Waals surface area contributed by atoms with Crippen LogP contribution in [-0.2, 0) is 11.3 Å². The number of carbonyl (C=O) groups excluding carboxylic acids is 2. The second-order valence-electron chi connectivity index (χ2n) is 7.41. The lowest BCUT2D eigenvalue weighted by Gasteiger charge is -2.42. The molecule has 1 aromatic carbocycles. The molecule has 0 aliphatic carbocycles. The Labute approximate surface area is 155 Å². The van der Waals surface area contributed by atoms with Gasteiger partial charge in [0.15, 0.2) is 0 Å². The lowest BCUT2D eigenvalue weighted by molar-refractivity contribution is -0.135. The van der Waals surface area contributed by atoms with Crippen LogP contribution < -0.4 is 4.74 Å². The lowest BCUT2D eigenvalue weighted by atomic mass is 9.85. The number of nitrogens with zero attached hydrogens (tertiary/aromatic N) is 3. The quantitative estimate of drug-likeness (QED) is 0.759. The number of amides is 3. The number of methoxy groups -OCH3 is 1. The molecule has 0 aromatic heterocycles. The Morgan fingerprint density at radius 2 is 1.77 bits per heavy atom. The van der Waals surface area contributed by atoms with Crippen molar-refractivity contribution < 1.29 is 14.3 Å². The molecule has 1 aromatic rings. The van der Waals surface area contributed by atoms with Crippen molar-refractivity contribution in [2.45, 2.75) is 51.2 Å². The number of piperidine rings is 1. The number of likely N-dealkylation sites (tertiary alicyclic amines) is 1. The topological polar surface area (TPSA) is 53.1 Å². The fourth-order valence-electron chi connectivity index (χ4n) is 4.04. The largest absolute Gasteiger partial charge is 0.497 e. The standard InChI is InChI=1S/C20H29N3O3/c1-5-15(2)22-12-10-20(11-13-22)18(24)23(19(25)21(20)3)14-16-6-8-17(26-4)9-7-16/h6-9,15H,5,10-14H2,1-4H3. The molecule has 3 rings (SSSR count). The van der Waals surface area contributed by atoms with Crippen LogP contribution in [-0.4, -0.2) is 65.5 Å². The van der Waals surface area contributed by atoms with Crippen molar-refractivity contribution in [2.75, 3.05) is 27.2 Å². The maximum Gasteiger partial charge on any atom is 0.327 e. The average Bonchev–Trinajstić information content (AvgIpc) is 2.85. The highest BCUT2D eigenvalue weighted by Crippen LogP contribution is 2.37. The first-order chi connectivity index (χ1) is 12.4. The first-order valence-corrected chi connectivity index (χ1v) is 9.39. The summed E-state index contributed by atoms with van der Waals surface area (Å²) in [7, 11) is 3.39. The van der Waals surface area contributed by atoms with E-state index in [9.17, 15) is 9.59 Å². The van der Waals surface area contributed by atoms with E-state index in [-0.39, 0.29) is 11.9 Å². The zero-order chi connectivity index (χ0) is 18.9. The number of ether oxygens (including phenoxy) is 1. The molecule has 2 fully saturated rings. The van der Waals surface area contributed by atoms with Crippen LogP contribution in [0.1, 0.15) is 38.7 Å². The molecule has 2 heterocycles. The molecule has 2 aliphatic rings. The molecular formula is C20H29N3O3. The van der Waals surface area contributed by atoms with E-state index in [0.717, 1.165) is 30.8 Å². The fraction of sp³-hybridized carbons (Fsp3) is 0.600. The minimum atomic E-state index is -0.673. The van der Waals surface area contributed by atoms with Crippen molar-refractivity contribution >= 4 is 11.9 Å². The second-order valence-corrected chi connectivity index (χ2v) is 7.41. The summed E-state index contributed by atoms with van der Waals surface area (Å²) < 4.78 is 5.17. The first kappa shape index (κ1) is 18.7. The van der Waals surface area contributed by atoms with Gasteiger partial charge in [0.2, 0.25) is 0 Å². The van der Waals surface area contributed by atoms with E-state index in [4.69, 9.17) is 4.74 Å². The van der Waals surface area contributed by atoms with Gasteiger partial charge in [0, 0.05) is 26.2 Å². The van der Waals surface area contributed by atoms with E-state index in [1.54, 1.807) is 19.1 Å². The number of urea groups is 1. The van der Waals surface area contributed by atoms with Crippen LogP contribution in [0.5, 0.6) is 5.75 Å². The number of likely N-dealkylation sites (N-methyl/N-ethyl adjacent to an activating group) is 1. The van der Waals surface area contributed by atoms with Crippen molar-refractivity contribution in [3.8, 4) is 5.75 Å². The van der Waals surface area contributed by atoms with Crippen molar-refractivity contribution in [3.63, 3.8) is 0 Å². The van der Waals surface area contributed by atoms with E-state index >= 15 is 0 Å². The Hall–Kier alpha value is -2.08. The van der Waals surface area contributed by atoms with Gasteiger partial charge in [0.1, 0.15) is 11.3 Å². The van der Waals surface area contributed by atoms with Gasteiger partial charge in [-0.25, -0.2) is 4.79 Å². The number of imide groups is 1. The summed E-state index contributed by atoms with van der Waals surface area (Å²) in [6.07, 6.45) is 2.51. The summed E-state index contributed by atoms with van der Waals surface area (Å²) in [6.45, 7) is 6.42. The monoisotopic (exact) mass is 359 g/mol. The molecule has 1 atom stereocenters. The summed E-state index contributed by atoms with van der Waals surface area (Å²) in [4.78, 5) is 31.5. The molecule has 1 unspecified atom stereocenters. The van der Waals surface area contributed by atoms with Crippen LogP contribution in [0.15, 0.2) is 24.3 Å².